The Balaban J connectivity index is 1.73. The standard InChI is InChI=1S/C24H31N5O4S/c1-5-10-28-22(31)20-21(26-23(34-20)27-11-8-15(2)9-12-27)29(24(28)32)14-19(30)25-17-13-16(3)6-7-18(17)33-4/h6-7,13,15H,5,8-12,14H2,1-4H3,(H,25,30). The Hall–Kier alpha value is -3.14. The lowest BCUT2D eigenvalue weighted by Gasteiger charge is -2.29. The average Bonchev–Trinajstić information content (AvgIpc) is 3.26. The van der Waals surface area contributed by atoms with E-state index in [9.17, 15) is 14.4 Å². The van der Waals surface area contributed by atoms with E-state index in [1.54, 1.807) is 6.07 Å². The Kier molecular flexibility index (Phi) is 7.06. The van der Waals surface area contributed by atoms with Crippen LogP contribution in [0.25, 0.3) is 10.3 Å². The van der Waals surface area contributed by atoms with Crippen LogP contribution in [-0.4, -0.2) is 40.2 Å². The van der Waals surface area contributed by atoms with Crippen molar-refractivity contribution >= 4 is 38.4 Å². The summed E-state index contributed by atoms with van der Waals surface area (Å²) < 4.78 is 8.28. The molecule has 182 valence electrons. The van der Waals surface area contributed by atoms with Crippen molar-refractivity contribution in [3.8, 4) is 5.75 Å². The third-order valence-electron chi connectivity index (χ3n) is 6.19. The SMILES string of the molecule is CCCn1c(=O)c2sc(N3CCC(C)CC3)nc2n(CC(=O)Nc2cc(C)ccc2OC)c1=O. The number of amides is 1. The molecule has 4 rings (SSSR count). The van der Waals surface area contributed by atoms with E-state index in [2.05, 4.69) is 22.1 Å². The number of aromatic nitrogens is 3. The number of aryl methyl sites for hydroxylation is 1. The first-order valence-electron chi connectivity index (χ1n) is 11.7. The van der Waals surface area contributed by atoms with Crippen molar-refractivity contribution < 1.29 is 9.53 Å². The number of hydrogen-bond acceptors (Lipinski definition) is 7. The molecule has 0 aliphatic carbocycles. The smallest absolute Gasteiger partial charge is 0.333 e. The quantitative estimate of drug-likeness (QED) is 0.552. The van der Waals surface area contributed by atoms with Gasteiger partial charge in [0, 0.05) is 19.6 Å². The molecule has 34 heavy (non-hydrogen) atoms. The van der Waals surface area contributed by atoms with Gasteiger partial charge >= 0.3 is 5.69 Å². The highest BCUT2D eigenvalue weighted by molar-refractivity contribution is 7.22. The predicted octanol–water partition coefficient (Wildman–Crippen LogP) is 3.22. The van der Waals surface area contributed by atoms with E-state index in [4.69, 9.17) is 4.74 Å². The van der Waals surface area contributed by atoms with Gasteiger partial charge in [0.2, 0.25) is 5.91 Å². The Morgan fingerprint density at radius 2 is 1.97 bits per heavy atom. The summed E-state index contributed by atoms with van der Waals surface area (Å²) >= 11 is 1.30. The number of thiazole rings is 1. The number of methoxy groups -OCH3 is 1. The van der Waals surface area contributed by atoms with Crippen LogP contribution in [0.2, 0.25) is 0 Å². The maximum Gasteiger partial charge on any atom is 0.333 e. The van der Waals surface area contributed by atoms with Gasteiger partial charge in [0.05, 0.1) is 12.8 Å². The van der Waals surface area contributed by atoms with Gasteiger partial charge in [-0.05, 0) is 49.8 Å². The molecule has 0 unspecified atom stereocenters. The second kappa shape index (κ2) is 10.0. The second-order valence-corrected chi connectivity index (χ2v) is 9.87. The van der Waals surface area contributed by atoms with Crippen LogP contribution < -0.4 is 26.2 Å². The zero-order valence-electron chi connectivity index (χ0n) is 20.1. The number of nitrogens with one attached hydrogen (secondary N) is 1. The van der Waals surface area contributed by atoms with Crippen molar-refractivity contribution in [2.24, 2.45) is 5.92 Å². The molecule has 9 nitrogen and oxygen atoms in total. The lowest BCUT2D eigenvalue weighted by atomic mass is 10.00. The fraction of sp³-hybridized carbons (Fsp3) is 0.500. The molecule has 1 fully saturated rings. The molecule has 10 heteroatoms. The van der Waals surface area contributed by atoms with E-state index in [1.807, 2.05) is 26.0 Å². The third kappa shape index (κ3) is 4.72. The van der Waals surface area contributed by atoms with E-state index in [1.165, 1.54) is 27.6 Å². The highest BCUT2D eigenvalue weighted by Gasteiger charge is 2.24. The molecule has 0 spiro atoms. The zero-order valence-corrected chi connectivity index (χ0v) is 20.9. The van der Waals surface area contributed by atoms with Crippen LogP contribution in [0.3, 0.4) is 0 Å². The van der Waals surface area contributed by atoms with E-state index in [0.717, 1.165) is 36.6 Å². The van der Waals surface area contributed by atoms with E-state index in [-0.39, 0.29) is 24.3 Å². The maximum atomic E-state index is 13.3. The first kappa shape index (κ1) is 24.0. The highest BCUT2D eigenvalue weighted by atomic mass is 32.1. The van der Waals surface area contributed by atoms with Gasteiger partial charge in [-0.1, -0.05) is 31.3 Å². The highest BCUT2D eigenvalue weighted by Crippen LogP contribution is 2.30. The number of benzene rings is 1. The number of ether oxygens (including phenoxy) is 1. The number of anilines is 2. The van der Waals surface area contributed by atoms with Crippen molar-refractivity contribution in [1.82, 2.24) is 14.1 Å². The normalized spacial score (nSPS) is 14.5. The molecule has 0 radical (unpaired) electrons. The molecule has 1 aliphatic heterocycles. The Labute approximate surface area is 202 Å². The largest absolute Gasteiger partial charge is 0.495 e. The van der Waals surface area contributed by atoms with Crippen molar-refractivity contribution in [2.45, 2.75) is 53.1 Å². The summed E-state index contributed by atoms with van der Waals surface area (Å²) in [4.78, 5) is 46.2. The molecule has 1 N–H and O–H groups in total. The summed E-state index contributed by atoms with van der Waals surface area (Å²) in [7, 11) is 1.53. The lowest BCUT2D eigenvalue weighted by Crippen LogP contribution is -2.41. The lowest BCUT2D eigenvalue weighted by molar-refractivity contribution is -0.116. The molecule has 0 bridgehead atoms. The van der Waals surface area contributed by atoms with E-state index < -0.39 is 11.6 Å². The third-order valence-corrected chi connectivity index (χ3v) is 7.28. The fourth-order valence-electron chi connectivity index (χ4n) is 4.22. The zero-order chi connectivity index (χ0) is 24.4. The second-order valence-electron chi connectivity index (χ2n) is 8.90. The van der Waals surface area contributed by atoms with Crippen molar-refractivity contribution in [3.05, 3.63) is 44.6 Å². The van der Waals surface area contributed by atoms with Crippen LogP contribution in [0.4, 0.5) is 10.8 Å². The number of hydrogen-bond donors (Lipinski definition) is 1. The first-order chi connectivity index (χ1) is 16.3. The maximum absolute atomic E-state index is 13.3. The van der Waals surface area contributed by atoms with Crippen molar-refractivity contribution in [3.63, 3.8) is 0 Å². The van der Waals surface area contributed by atoms with Crippen molar-refractivity contribution in [2.75, 3.05) is 30.4 Å². The van der Waals surface area contributed by atoms with Crippen molar-refractivity contribution in [1.29, 1.82) is 0 Å². The number of nitrogens with zero attached hydrogens (tertiary/aromatic N) is 4. The van der Waals surface area contributed by atoms with Crippen LogP contribution in [0.1, 0.15) is 38.7 Å². The Morgan fingerprint density at radius 3 is 2.65 bits per heavy atom. The number of carbonyl (C=O) groups excluding carboxylic acids is 1. The van der Waals surface area contributed by atoms with Crippen LogP contribution in [-0.2, 0) is 17.9 Å². The predicted molar refractivity (Wildman–Crippen MR) is 135 cm³/mol. The van der Waals surface area contributed by atoms with Crippen LogP contribution in [0, 0.1) is 12.8 Å². The number of carbonyl (C=O) groups is 1. The van der Waals surface area contributed by atoms with Gasteiger partial charge in [-0.3, -0.25) is 18.7 Å². The summed E-state index contributed by atoms with van der Waals surface area (Å²) in [5.41, 5.74) is 0.905. The van der Waals surface area contributed by atoms with Gasteiger partial charge in [0.1, 0.15) is 17.0 Å². The Morgan fingerprint density at radius 1 is 1.24 bits per heavy atom. The van der Waals surface area contributed by atoms with Crippen LogP contribution in [0.15, 0.2) is 27.8 Å². The summed E-state index contributed by atoms with van der Waals surface area (Å²) in [5.74, 6) is 0.797. The minimum absolute atomic E-state index is 0.253. The molecular formula is C24H31N5O4S. The molecule has 1 saturated heterocycles. The number of piperidine rings is 1. The molecule has 0 saturated carbocycles. The van der Waals surface area contributed by atoms with Gasteiger partial charge in [-0.2, -0.15) is 0 Å². The fourth-order valence-corrected chi connectivity index (χ4v) is 5.29. The van der Waals surface area contributed by atoms with Gasteiger partial charge in [0.15, 0.2) is 10.8 Å². The molecule has 0 atom stereocenters. The molecule has 1 amide bonds. The number of rotatable bonds is 7. The monoisotopic (exact) mass is 485 g/mol. The first-order valence-corrected chi connectivity index (χ1v) is 12.5. The Bertz CT molecular complexity index is 1320. The van der Waals surface area contributed by atoms with Crippen LogP contribution >= 0.6 is 11.3 Å². The van der Waals surface area contributed by atoms with Gasteiger partial charge in [-0.15, -0.1) is 0 Å². The van der Waals surface area contributed by atoms with Crippen LogP contribution in [0.5, 0.6) is 5.75 Å². The molecule has 2 aromatic heterocycles. The molecular weight excluding hydrogens is 454 g/mol. The summed E-state index contributed by atoms with van der Waals surface area (Å²) in [6.45, 7) is 7.82. The topological polar surface area (TPSA) is 98.5 Å². The van der Waals surface area contributed by atoms with Gasteiger partial charge < -0.3 is 15.0 Å². The van der Waals surface area contributed by atoms with E-state index >= 15 is 0 Å². The molecule has 3 aromatic rings. The summed E-state index contributed by atoms with van der Waals surface area (Å²) in [6.07, 6.45) is 2.75. The molecule has 1 aliphatic rings. The average molecular weight is 486 g/mol. The number of fused-ring (bicyclic) bond motifs is 1. The van der Waals surface area contributed by atoms with Gasteiger partial charge in [-0.25, -0.2) is 9.78 Å². The van der Waals surface area contributed by atoms with E-state index in [0.29, 0.717) is 28.5 Å². The molecule has 1 aromatic carbocycles. The minimum atomic E-state index is -0.519. The summed E-state index contributed by atoms with van der Waals surface area (Å²) in [5, 5.41) is 3.56. The summed E-state index contributed by atoms with van der Waals surface area (Å²) in [6, 6.07) is 5.48. The van der Waals surface area contributed by atoms with Gasteiger partial charge in [0.25, 0.3) is 5.56 Å². The minimum Gasteiger partial charge on any atom is -0.495 e. The molecule has 3 heterocycles.